The van der Waals surface area contributed by atoms with Crippen LogP contribution >= 0.6 is 16.1 Å². The first-order valence-electron chi connectivity index (χ1n) is 11.3. The van der Waals surface area contributed by atoms with Crippen LogP contribution in [0.4, 0.5) is 15.9 Å². The number of aliphatic hydroxyl groups is 1. The molecule has 1 saturated heterocycles. The van der Waals surface area contributed by atoms with Crippen molar-refractivity contribution in [2.75, 3.05) is 63.5 Å². The molecule has 1 fully saturated rings. The minimum atomic E-state index is -0.368. The Kier molecular flexibility index (Phi) is 8.49. The van der Waals surface area contributed by atoms with E-state index >= 15 is 0 Å². The molecule has 0 amide bonds. The molecule has 0 spiro atoms. The number of piperazine rings is 1. The van der Waals surface area contributed by atoms with Gasteiger partial charge in [-0.3, -0.25) is 8.83 Å². The van der Waals surface area contributed by atoms with Crippen LogP contribution in [0.1, 0.15) is 6.42 Å². The summed E-state index contributed by atoms with van der Waals surface area (Å²) in [6.45, 7) is 6.45. The fraction of sp³-hybridized carbons (Fsp3) is 0.417. The fourth-order valence-corrected chi connectivity index (χ4v) is 4.62. The summed E-state index contributed by atoms with van der Waals surface area (Å²) in [4.78, 5) is 13.4. The number of benzene rings is 2. The molecule has 0 atom stereocenters. The largest absolute Gasteiger partial charge is 0.493 e. The van der Waals surface area contributed by atoms with E-state index in [2.05, 4.69) is 35.9 Å². The van der Waals surface area contributed by atoms with Gasteiger partial charge in [-0.2, -0.15) is 0 Å². The first-order chi connectivity index (χ1) is 16.6. The highest BCUT2D eigenvalue weighted by molar-refractivity contribution is 9.10. The average molecular weight is 534 g/mol. The molecule has 8 nitrogen and oxygen atoms in total. The molecular weight excluding hydrogens is 505 g/mol. The Morgan fingerprint density at radius 3 is 2.50 bits per heavy atom. The summed E-state index contributed by atoms with van der Waals surface area (Å²) in [5.74, 6) is 1.31. The summed E-state index contributed by atoms with van der Waals surface area (Å²) in [5.41, 5.74) is 1.01. The van der Waals surface area contributed by atoms with Gasteiger partial charge in [0.15, 0.2) is 17.3 Å². The minimum Gasteiger partial charge on any atom is -0.493 e. The molecule has 3 aromatic rings. The van der Waals surface area contributed by atoms with Gasteiger partial charge in [-0.05, 0) is 24.6 Å². The van der Waals surface area contributed by atoms with E-state index in [4.69, 9.17) is 14.6 Å². The third-order valence-corrected chi connectivity index (χ3v) is 6.62. The summed E-state index contributed by atoms with van der Waals surface area (Å²) in [6.07, 6.45) is 2.33. The van der Waals surface area contributed by atoms with Gasteiger partial charge in [0.1, 0.15) is 12.1 Å². The van der Waals surface area contributed by atoms with Gasteiger partial charge >= 0.3 is 0 Å². The molecule has 10 heteroatoms. The maximum atomic E-state index is 14.3. The first-order valence-corrected chi connectivity index (χ1v) is 12.0. The topological polar surface area (TPSA) is 74.2 Å². The zero-order chi connectivity index (χ0) is 23.9. The van der Waals surface area contributed by atoms with Crippen molar-refractivity contribution in [3.05, 3.63) is 48.5 Å². The van der Waals surface area contributed by atoms with Gasteiger partial charge in [0.25, 0.3) is 0 Å². The quantitative estimate of drug-likeness (QED) is 0.313. The summed E-state index contributed by atoms with van der Waals surface area (Å²) in [7, 11) is 1.59. The molecular formula is C24H29BrFN5O3. The van der Waals surface area contributed by atoms with Crippen LogP contribution in [-0.2, 0) is 0 Å². The van der Waals surface area contributed by atoms with Crippen LogP contribution in [0.25, 0.3) is 10.9 Å². The van der Waals surface area contributed by atoms with E-state index in [0.29, 0.717) is 40.5 Å². The molecule has 1 aliphatic rings. The number of aliphatic hydroxyl groups excluding tert-OH is 1. The lowest BCUT2D eigenvalue weighted by Gasteiger charge is -2.34. The van der Waals surface area contributed by atoms with E-state index in [-0.39, 0.29) is 12.4 Å². The van der Waals surface area contributed by atoms with Crippen molar-refractivity contribution < 1.29 is 19.0 Å². The Morgan fingerprint density at radius 1 is 1.06 bits per heavy atom. The maximum absolute atomic E-state index is 14.3. The van der Waals surface area contributed by atoms with E-state index in [1.165, 1.54) is 16.3 Å². The Balaban J connectivity index is 1.42. The highest BCUT2D eigenvalue weighted by Crippen LogP contribution is 2.38. The summed E-state index contributed by atoms with van der Waals surface area (Å²) < 4.78 is 27.5. The second-order valence-electron chi connectivity index (χ2n) is 8.06. The monoisotopic (exact) mass is 533 g/mol. The first kappa shape index (κ1) is 24.6. The van der Waals surface area contributed by atoms with E-state index < -0.39 is 0 Å². The smallest absolute Gasteiger partial charge is 0.163 e. The molecule has 4 rings (SSSR count). The molecule has 0 aliphatic carbocycles. The molecule has 34 heavy (non-hydrogen) atoms. The Morgan fingerprint density at radius 2 is 1.79 bits per heavy atom. The lowest BCUT2D eigenvalue weighted by molar-refractivity contribution is 0.108. The highest BCUT2D eigenvalue weighted by atomic mass is 79.9. The van der Waals surface area contributed by atoms with Crippen molar-refractivity contribution in [1.29, 1.82) is 0 Å². The Hall–Kier alpha value is -2.53. The number of halogens is 2. The average Bonchev–Trinajstić information content (AvgIpc) is 2.86. The minimum absolute atomic E-state index is 0.213. The van der Waals surface area contributed by atoms with Gasteiger partial charge in [0, 0.05) is 50.7 Å². The van der Waals surface area contributed by atoms with E-state index in [0.717, 1.165) is 45.7 Å². The molecule has 1 aromatic heterocycles. The summed E-state index contributed by atoms with van der Waals surface area (Å²) in [5, 5.41) is 9.77. The zero-order valence-electron chi connectivity index (χ0n) is 19.2. The van der Waals surface area contributed by atoms with Crippen LogP contribution in [0.3, 0.4) is 0 Å². The number of anilines is 2. The highest BCUT2D eigenvalue weighted by Gasteiger charge is 2.19. The number of β-amino-alcohol motifs (C(OH)–C–C–N with tert-alkyl or cyclic N) is 1. The van der Waals surface area contributed by atoms with E-state index in [1.807, 2.05) is 12.1 Å². The van der Waals surface area contributed by atoms with Crippen LogP contribution < -0.4 is 13.4 Å². The number of aromatic nitrogens is 2. The number of hydrogen-bond acceptors (Lipinski definition) is 8. The predicted octanol–water partition coefficient (Wildman–Crippen LogP) is 3.60. The van der Waals surface area contributed by atoms with Gasteiger partial charge in [0.05, 0.1) is 47.7 Å². The number of methoxy groups -OCH3 is 1. The summed E-state index contributed by atoms with van der Waals surface area (Å²) >= 11 is 3.44. The van der Waals surface area contributed by atoms with Crippen LogP contribution in [0, 0.1) is 5.82 Å². The molecule has 0 saturated carbocycles. The van der Waals surface area contributed by atoms with Crippen molar-refractivity contribution in [2.45, 2.75) is 6.42 Å². The molecule has 2 aromatic carbocycles. The Labute approximate surface area is 207 Å². The van der Waals surface area contributed by atoms with Gasteiger partial charge in [-0.25, -0.2) is 14.4 Å². The van der Waals surface area contributed by atoms with E-state index in [9.17, 15) is 4.39 Å². The fourth-order valence-electron chi connectivity index (χ4n) is 4.05. The zero-order valence-corrected chi connectivity index (χ0v) is 20.7. The standard InChI is InChI=1S/C24H29BrFN5O3/c1-33-22-15-18-20(27-17-28-24(18)31(25)21-6-3-2-5-19(21)26)16-23(22)34-14-4-7-29-8-10-30(11-9-29)12-13-32/h2-3,5-6,15-17,32H,4,7-14H2,1H3. The van der Waals surface area contributed by atoms with Gasteiger partial charge in [0.2, 0.25) is 0 Å². The van der Waals surface area contributed by atoms with Crippen LogP contribution in [0.2, 0.25) is 0 Å². The van der Waals surface area contributed by atoms with Gasteiger partial charge < -0.3 is 19.5 Å². The normalized spacial score (nSPS) is 14.9. The number of fused-ring (bicyclic) bond motifs is 1. The number of hydrogen-bond donors (Lipinski definition) is 1. The van der Waals surface area contributed by atoms with Crippen molar-refractivity contribution in [2.24, 2.45) is 0 Å². The van der Waals surface area contributed by atoms with Gasteiger partial charge in [-0.15, -0.1) is 0 Å². The molecule has 0 unspecified atom stereocenters. The molecule has 1 aliphatic heterocycles. The molecule has 0 bridgehead atoms. The number of ether oxygens (including phenoxy) is 2. The molecule has 182 valence electrons. The van der Waals surface area contributed by atoms with Gasteiger partial charge in [-0.1, -0.05) is 12.1 Å². The lowest BCUT2D eigenvalue weighted by Crippen LogP contribution is -2.47. The molecule has 0 radical (unpaired) electrons. The number of rotatable bonds is 10. The molecule has 2 heterocycles. The van der Waals surface area contributed by atoms with Crippen molar-refractivity contribution in [3.8, 4) is 11.5 Å². The van der Waals surface area contributed by atoms with Crippen molar-refractivity contribution in [3.63, 3.8) is 0 Å². The Bertz CT molecular complexity index is 1100. The maximum Gasteiger partial charge on any atom is 0.163 e. The third kappa shape index (κ3) is 5.75. The summed E-state index contributed by atoms with van der Waals surface area (Å²) in [6, 6.07) is 10.1. The van der Waals surface area contributed by atoms with Crippen LogP contribution in [0.15, 0.2) is 42.7 Å². The number of nitrogens with zero attached hydrogens (tertiary/aromatic N) is 5. The van der Waals surface area contributed by atoms with Crippen LogP contribution in [-0.4, -0.2) is 84.5 Å². The second kappa shape index (κ2) is 11.7. The third-order valence-electron chi connectivity index (χ3n) is 5.91. The molecule has 1 N–H and O–H groups in total. The predicted molar refractivity (Wildman–Crippen MR) is 134 cm³/mol. The lowest BCUT2D eigenvalue weighted by atomic mass is 10.2. The number of para-hydroxylation sites is 1. The van der Waals surface area contributed by atoms with E-state index in [1.54, 1.807) is 25.3 Å². The SMILES string of the molecule is COc1cc2c(N(Br)c3ccccc3F)ncnc2cc1OCCCN1CCN(CCO)CC1. The second-order valence-corrected chi connectivity index (χ2v) is 8.77. The van der Waals surface area contributed by atoms with Crippen LogP contribution in [0.5, 0.6) is 11.5 Å². The van der Waals surface area contributed by atoms with Crippen molar-refractivity contribution >= 4 is 38.6 Å². The van der Waals surface area contributed by atoms with Crippen molar-refractivity contribution in [1.82, 2.24) is 19.8 Å².